The van der Waals surface area contributed by atoms with Crippen LogP contribution in [-0.4, -0.2) is 227 Å². The molecule has 3 rings (SSSR count). The number of amides is 4. The lowest BCUT2D eigenvalue weighted by Crippen LogP contribution is -2.55. The molecule has 0 aromatic heterocycles. The Kier molecular flexibility index (Phi) is 32.1. The first-order valence-corrected chi connectivity index (χ1v) is 27.6. The maximum atomic E-state index is 13.8. The zero-order valence-corrected chi connectivity index (χ0v) is 45.8. The lowest BCUT2D eigenvalue weighted by Gasteiger charge is -2.40. The fourth-order valence-electron chi connectivity index (χ4n) is 9.28. The fourth-order valence-corrected chi connectivity index (χ4v) is 9.28. The molecule has 3 aliphatic heterocycles. The number of ketones is 1. The molecule has 0 aromatic rings. The van der Waals surface area contributed by atoms with E-state index in [0.717, 1.165) is 0 Å². The number of carbonyl (C=O) groups is 5. The van der Waals surface area contributed by atoms with Gasteiger partial charge in [0.2, 0.25) is 23.6 Å². The number of hydrogen-bond acceptors (Lipinski definition) is 21. The summed E-state index contributed by atoms with van der Waals surface area (Å²) < 4.78 is 39.7. The van der Waals surface area contributed by atoms with Crippen LogP contribution in [0.3, 0.4) is 0 Å². The number of carbonyl (C=O) groups excluding carboxylic acids is 5. The largest absolute Gasteiger partial charge is 0.394 e. The molecule has 0 bridgehead atoms. The average Bonchev–Trinajstić information content (AvgIpc) is 3.40. The molecule has 0 saturated carbocycles. The summed E-state index contributed by atoms with van der Waals surface area (Å²) in [5, 5.41) is 102. The first-order valence-electron chi connectivity index (χ1n) is 27.6. The van der Waals surface area contributed by atoms with E-state index in [2.05, 4.69) is 21.3 Å². The third-order valence-electron chi connectivity index (χ3n) is 14.4. The molecule has 15 atom stereocenters. The van der Waals surface area contributed by atoms with Gasteiger partial charge in [-0.05, 0) is 71.6 Å². The second-order valence-electron chi connectivity index (χ2n) is 21.0. The van der Waals surface area contributed by atoms with Gasteiger partial charge in [0.1, 0.15) is 42.4 Å². The van der Waals surface area contributed by atoms with Gasteiger partial charge in [0.25, 0.3) is 0 Å². The highest BCUT2D eigenvalue weighted by atomic mass is 16.7. The summed E-state index contributed by atoms with van der Waals surface area (Å²) in [6.45, 7) is 8.80. The summed E-state index contributed by atoms with van der Waals surface area (Å²) in [5.41, 5.74) is -1.25. The van der Waals surface area contributed by atoms with Crippen LogP contribution in [0.5, 0.6) is 0 Å². The average molecular weight is 1110 g/mol. The molecule has 3 fully saturated rings. The predicted molar refractivity (Wildman–Crippen MR) is 274 cm³/mol. The Hall–Kier alpha value is -3.09. The summed E-state index contributed by atoms with van der Waals surface area (Å²) in [6, 6.07) is 0. The molecule has 77 heavy (non-hydrogen) atoms. The molecule has 25 heteroatoms. The van der Waals surface area contributed by atoms with Crippen LogP contribution in [0.15, 0.2) is 0 Å². The molecule has 0 aliphatic carbocycles. The third-order valence-corrected chi connectivity index (χ3v) is 14.4. The molecule has 3 aliphatic rings. The van der Waals surface area contributed by atoms with Gasteiger partial charge >= 0.3 is 0 Å². The van der Waals surface area contributed by atoms with Crippen molar-refractivity contribution in [1.82, 2.24) is 21.3 Å². The zero-order chi connectivity index (χ0) is 57.1. The van der Waals surface area contributed by atoms with Gasteiger partial charge in [0.05, 0.1) is 57.5 Å². The summed E-state index contributed by atoms with van der Waals surface area (Å²) >= 11 is 0. The zero-order valence-electron chi connectivity index (χ0n) is 45.8. The van der Waals surface area contributed by atoms with Gasteiger partial charge in [-0.25, -0.2) is 0 Å². The Morgan fingerprint density at radius 2 is 0.818 bits per heavy atom. The molecule has 4 amide bonds. The number of ether oxygens (including phenoxy) is 7. The highest BCUT2D eigenvalue weighted by molar-refractivity contribution is 5.81. The topological polar surface area (TPSA) is 380 Å². The van der Waals surface area contributed by atoms with Crippen LogP contribution in [0.2, 0.25) is 0 Å². The third kappa shape index (κ3) is 23.9. The van der Waals surface area contributed by atoms with Crippen molar-refractivity contribution in [2.75, 3.05) is 65.9 Å². The van der Waals surface area contributed by atoms with Crippen molar-refractivity contribution in [2.45, 2.75) is 216 Å². The van der Waals surface area contributed by atoms with Crippen molar-refractivity contribution in [3.8, 4) is 0 Å². The van der Waals surface area contributed by atoms with Crippen LogP contribution in [0, 0.1) is 17.8 Å². The normalized spacial score (nSPS) is 30.4. The van der Waals surface area contributed by atoms with Crippen molar-refractivity contribution in [2.24, 2.45) is 17.8 Å². The smallest absolute Gasteiger partial charge is 0.220 e. The van der Waals surface area contributed by atoms with E-state index in [9.17, 15) is 69.9 Å². The van der Waals surface area contributed by atoms with E-state index >= 15 is 0 Å². The van der Waals surface area contributed by atoms with Crippen molar-refractivity contribution >= 4 is 29.4 Å². The number of aliphatic hydroxyl groups excluding tert-OH is 9. The minimum absolute atomic E-state index is 0.0257. The quantitative estimate of drug-likeness (QED) is 0.0307. The number of rotatable bonds is 38. The Bertz CT molecular complexity index is 1560. The predicted octanol–water partition coefficient (Wildman–Crippen LogP) is -1.69. The molecule has 0 spiro atoms. The molecule has 25 nitrogen and oxygen atoms in total. The maximum absolute atomic E-state index is 13.8. The second kappa shape index (κ2) is 36.3. The molecule has 0 aromatic carbocycles. The SMILES string of the molecule is CC(C)OCCCNC(=O)CCCC(=O)NC(CCC(=O)CCCCO[C@@H]1OC(CO)[C@H](O)C(O)[C@@H]1C)(CCC(=O)NCCCO[C@@H]1OC(CO)[C@H](O)C(O)[C@@H]1C)CCC(=O)NCCCO[C@@H]1OC(CO)[C@H](O)C(O)[C@@H]1C. The van der Waals surface area contributed by atoms with Crippen LogP contribution < -0.4 is 21.3 Å². The lowest BCUT2D eigenvalue weighted by molar-refractivity contribution is -0.282. The van der Waals surface area contributed by atoms with Crippen molar-refractivity contribution < 1.29 is 103 Å². The van der Waals surface area contributed by atoms with Gasteiger partial charge in [0.15, 0.2) is 18.9 Å². The van der Waals surface area contributed by atoms with E-state index in [1.54, 1.807) is 20.8 Å². The minimum Gasteiger partial charge on any atom is -0.394 e. The monoisotopic (exact) mass is 1110 g/mol. The first-order chi connectivity index (χ1) is 36.7. The minimum atomic E-state index is -1.28. The highest BCUT2D eigenvalue weighted by Gasteiger charge is 2.45. The molecule has 3 heterocycles. The summed E-state index contributed by atoms with van der Waals surface area (Å²) in [6.07, 6.45) is -10.8. The number of aliphatic hydroxyl groups is 9. The Morgan fingerprint density at radius 3 is 1.22 bits per heavy atom. The van der Waals surface area contributed by atoms with Gasteiger partial charge in [-0.2, -0.15) is 0 Å². The van der Waals surface area contributed by atoms with Gasteiger partial charge in [-0.15, -0.1) is 0 Å². The molecule has 13 N–H and O–H groups in total. The van der Waals surface area contributed by atoms with Crippen LogP contribution in [0.25, 0.3) is 0 Å². The molecule has 0 radical (unpaired) electrons. The van der Waals surface area contributed by atoms with E-state index in [1.807, 2.05) is 13.8 Å². The van der Waals surface area contributed by atoms with E-state index in [4.69, 9.17) is 33.2 Å². The molecular weight excluding hydrogens is 1020 g/mol. The van der Waals surface area contributed by atoms with Crippen LogP contribution >= 0.6 is 0 Å². The Balaban J connectivity index is 1.68. The van der Waals surface area contributed by atoms with Crippen molar-refractivity contribution in [3.63, 3.8) is 0 Å². The van der Waals surface area contributed by atoms with E-state index in [1.165, 1.54) is 0 Å². The number of Topliss-reactive ketones (excluding diaryl/α,β-unsaturated/α-hetero) is 1. The maximum Gasteiger partial charge on any atom is 0.220 e. The van der Waals surface area contributed by atoms with Gasteiger partial charge in [-0.1, -0.05) is 20.8 Å². The summed E-state index contributed by atoms with van der Waals surface area (Å²) in [5.74, 6) is -3.38. The van der Waals surface area contributed by atoms with Crippen LogP contribution in [0.1, 0.15) is 131 Å². The van der Waals surface area contributed by atoms with Crippen LogP contribution in [0.4, 0.5) is 0 Å². The van der Waals surface area contributed by atoms with Crippen molar-refractivity contribution in [3.05, 3.63) is 0 Å². The van der Waals surface area contributed by atoms with Gasteiger partial charge < -0.3 is 100 Å². The first kappa shape index (κ1) is 68.2. The summed E-state index contributed by atoms with van der Waals surface area (Å²) in [4.78, 5) is 66.9. The molecule has 448 valence electrons. The van der Waals surface area contributed by atoms with Crippen molar-refractivity contribution in [1.29, 1.82) is 0 Å². The second-order valence-corrected chi connectivity index (χ2v) is 21.0. The molecular formula is C52H94N4O21. The van der Waals surface area contributed by atoms with E-state index in [0.29, 0.717) is 45.3 Å². The number of nitrogens with one attached hydrogen (secondary N) is 4. The standard InChI is InChI=1S/C52H94N4O21/c1-31(2)71-25-9-21-53-39(61)13-8-14-42(64)56-52(18-15-35(60)12-6-7-24-72-49-32(3)43(65)46(68)36(28-57)75-49,19-16-40(62)54-22-10-26-73-50-33(4)44(66)47(69)37(29-58)76-50)20-17-41(63)55-23-11-27-74-51-34(5)45(67)48(70)38(30-59)77-51/h31-34,36-38,43-51,57-59,65-70H,6-30H2,1-5H3,(H,53,61)(H,54,62)(H,55,63)(H,56,64)/t32-,33-,34-,36?,37?,38?,43?,44?,45?,46-,47-,48-,49+,50+,51+,52?/m0/s1. The molecule has 6 unspecified atom stereocenters. The summed E-state index contributed by atoms with van der Waals surface area (Å²) in [7, 11) is 0. The fraction of sp³-hybridized carbons (Fsp3) is 0.904. The molecule has 3 saturated heterocycles. The Labute approximate surface area is 452 Å². The number of hydrogen-bond donors (Lipinski definition) is 13. The van der Waals surface area contributed by atoms with E-state index < -0.39 is 123 Å². The van der Waals surface area contributed by atoms with Crippen LogP contribution in [-0.2, 0) is 57.1 Å². The highest BCUT2D eigenvalue weighted by Crippen LogP contribution is 2.31. The van der Waals surface area contributed by atoms with E-state index in [-0.39, 0.29) is 127 Å². The Morgan fingerprint density at radius 1 is 0.455 bits per heavy atom. The number of unbranched alkanes of at least 4 members (excludes halogenated alkanes) is 1. The van der Waals surface area contributed by atoms with Gasteiger partial charge in [0, 0.05) is 94.7 Å². The lowest BCUT2D eigenvalue weighted by atomic mass is 9.82. The van der Waals surface area contributed by atoms with Gasteiger partial charge in [-0.3, -0.25) is 24.0 Å².